The van der Waals surface area contributed by atoms with Gasteiger partial charge in [0.15, 0.2) is 0 Å². The Balaban J connectivity index is 2.14. The van der Waals surface area contributed by atoms with Crippen molar-refractivity contribution in [2.75, 3.05) is 26.2 Å². The molecule has 2 rings (SSSR count). The Morgan fingerprint density at radius 3 is 3.10 bits per heavy atom. The topological polar surface area (TPSA) is 50.4 Å². The van der Waals surface area contributed by atoms with Crippen LogP contribution < -0.4 is 10.6 Å². The van der Waals surface area contributed by atoms with Crippen LogP contribution in [0.25, 0.3) is 0 Å². The number of benzene rings is 1. The number of hydrogen-bond acceptors (Lipinski definition) is 3. The van der Waals surface area contributed by atoms with Gasteiger partial charge in [-0.05, 0) is 17.7 Å². The molecule has 1 fully saturated rings. The molecule has 0 radical (unpaired) electrons. The Morgan fingerprint density at radius 2 is 2.38 bits per heavy atom. The summed E-state index contributed by atoms with van der Waals surface area (Å²) >= 11 is 5.72. The van der Waals surface area contributed by atoms with Gasteiger partial charge in [-0.15, -0.1) is 0 Å². The SMILES string of the molecule is CCC(=O)NC[C@@H]1CNCCO[C@H]1c1ccc(Cl)c(F)c1. The van der Waals surface area contributed by atoms with Gasteiger partial charge in [0.05, 0.1) is 17.7 Å². The van der Waals surface area contributed by atoms with Gasteiger partial charge in [-0.25, -0.2) is 4.39 Å². The fourth-order valence-electron chi connectivity index (χ4n) is 2.40. The van der Waals surface area contributed by atoms with Gasteiger partial charge in [0.25, 0.3) is 0 Å². The summed E-state index contributed by atoms with van der Waals surface area (Å²) in [5.41, 5.74) is 0.747. The highest BCUT2D eigenvalue weighted by molar-refractivity contribution is 6.30. The number of amides is 1. The number of carbonyl (C=O) groups is 1. The molecule has 2 atom stereocenters. The summed E-state index contributed by atoms with van der Waals surface area (Å²) in [4.78, 5) is 11.4. The lowest BCUT2D eigenvalue weighted by Gasteiger charge is -2.25. The van der Waals surface area contributed by atoms with Crippen LogP contribution in [0.3, 0.4) is 0 Å². The van der Waals surface area contributed by atoms with Gasteiger partial charge >= 0.3 is 0 Å². The Hall–Kier alpha value is -1.17. The Labute approximate surface area is 129 Å². The summed E-state index contributed by atoms with van der Waals surface area (Å²) in [6.07, 6.45) is 0.185. The molecule has 0 bridgehead atoms. The predicted molar refractivity (Wildman–Crippen MR) is 79.8 cm³/mol. The monoisotopic (exact) mass is 314 g/mol. The van der Waals surface area contributed by atoms with Gasteiger partial charge in [0, 0.05) is 32.0 Å². The fourth-order valence-corrected chi connectivity index (χ4v) is 2.51. The van der Waals surface area contributed by atoms with Crippen LogP contribution in [0.2, 0.25) is 5.02 Å². The van der Waals surface area contributed by atoms with Crippen LogP contribution in [0.5, 0.6) is 0 Å². The molecule has 1 aliphatic rings. The highest BCUT2D eigenvalue weighted by Crippen LogP contribution is 2.29. The molecule has 0 aliphatic carbocycles. The van der Waals surface area contributed by atoms with Crippen LogP contribution in [-0.2, 0) is 9.53 Å². The minimum atomic E-state index is -0.452. The van der Waals surface area contributed by atoms with E-state index in [1.165, 1.54) is 12.1 Å². The lowest BCUT2D eigenvalue weighted by Crippen LogP contribution is -2.36. The van der Waals surface area contributed by atoms with E-state index in [4.69, 9.17) is 16.3 Å². The predicted octanol–water partition coefficient (Wildman–Crippen LogP) is 2.28. The van der Waals surface area contributed by atoms with Crippen LogP contribution in [-0.4, -0.2) is 32.1 Å². The molecule has 1 amide bonds. The molecule has 2 N–H and O–H groups in total. The van der Waals surface area contributed by atoms with E-state index >= 15 is 0 Å². The molecule has 0 aromatic heterocycles. The average molecular weight is 315 g/mol. The minimum Gasteiger partial charge on any atom is -0.372 e. The zero-order valence-corrected chi connectivity index (χ0v) is 12.8. The number of hydrogen-bond donors (Lipinski definition) is 2. The van der Waals surface area contributed by atoms with E-state index in [9.17, 15) is 9.18 Å². The van der Waals surface area contributed by atoms with E-state index < -0.39 is 5.82 Å². The highest BCUT2D eigenvalue weighted by Gasteiger charge is 2.27. The molecule has 1 aromatic carbocycles. The maximum absolute atomic E-state index is 13.7. The van der Waals surface area contributed by atoms with Crippen LogP contribution in [0.4, 0.5) is 4.39 Å². The first-order valence-electron chi connectivity index (χ1n) is 7.15. The van der Waals surface area contributed by atoms with Crippen LogP contribution in [0.15, 0.2) is 18.2 Å². The van der Waals surface area contributed by atoms with E-state index in [-0.39, 0.29) is 23.0 Å². The zero-order chi connectivity index (χ0) is 15.2. The van der Waals surface area contributed by atoms with Gasteiger partial charge in [0.2, 0.25) is 5.91 Å². The summed E-state index contributed by atoms with van der Waals surface area (Å²) < 4.78 is 19.5. The van der Waals surface area contributed by atoms with Crippen LogP contribution in [0, 0.1) is 11.7 Å². The number of ether oxygens (including phenoxy) is 1. The molecule has 1 heterocycles. The third-order valence-corrected chi connectivity index (χ3v) is 3.87. The van der Waals surface area contributed by atoms with Crippen molar-refractivity contribution in [1.82, 2.24) is 10.6 Å². The normalized spacial score (nSPS) is 22.6. The summed E-state index contributed by atoms with van der Waals surface area (Å²) in [5.74, 6) is -0.407. The maximum atomic E-state index is 13.7. The molecule has 1 aromatic rings. The summed E-state index contributed by atoms with van der Waals surface area (Å²) in [6, 6.07) is 4.72. The molecule has 6 heteroatoms. The van der Waals surface area contributed by atoms with Crippen molar-refractivity contribution in [3.05, 3.63) is 34.6 Å². The fraction of sp³-hybridized carbons (Fsp3) is 0.533. The van der Waals surface area contributed by atoms with E-state index in [2.05, 4.69) is 10.6 Å². The molecular formula is C15H20ClFN2O2. The van der Waals surface area contributed by atoms with Crippen molar-refractivity contribution in [3.63, 3.8) is 0 Å². The largest absolute Gasteiger partial charge is 0.372 e. The van der Waals surface area contributed by atoms with Gasteiger partial charge in [-0.2, -0.15) is 0 Å². The first-order chi connectivity index (χ1) is 10.1. The number of carbonyl (C=O) groups excluding carboxylic acids is 1. The first kappa shape index (κ1) is 16.2. The van der Waals surface area contributed by atoms with Gasteiger partial charge in [-0.1, -0.05) is 24.6 Å². The smallest absolute Gasteiger partial charge is 0.219 e. The molecule has 0 unspecified atom stereocenters. The molecule has 1 aliphatic heterocycles. The second-order valence-corrected chi connectivity index (χ2v) is 5.49. The van der Waals surface area contributed by atoms with Crippen molar-refractivity contribution in [2.24, 2.45) is 5.92 Å². The second-order valence-electron chi connectivity index (χ2n) is 5.09. The van der Waals surface area contributed by atoms with Crippen LogP contribution in [0.1, 0.15) is 25.0 Å². The van der Waals surface area contributed by atoms with E-state index in [1.807, 2.05) is 6.92 Å². The average Bonchev–Trinajstić information content (AvgIpc) is 2.73. The first-order valence-corrected chi connectivity index (χ1v) is 7.53. The van der Waals surface area contributed by atoms with E-state index in [0.29, 0.717) is 26.1 Å². The van der Waals surface area contributed by atoms with Crippen molar-refractivity contribution in [2.45, 2.75) is 19.4 Å². The second kappa shape index (κ2) is 7.73. The molecule has 0 spiro atoms. The molecule has 1 saturated heterocycles. The van der Waals surface area contributed by atoms with Crippen molar-refractivity contribution in [1.29, 1.82) is 0 Å². The molecule has 116 valence electrons. The zero-order valence-electron chi connectivity index (χ0n) is 12.0. The number of nitrogens with one attached hydrogen (secondary N) is 2. The van der Waals surface area contributed by atoms with E-state index in [1.54, 1.807) is 6.07 Å². The Kier molecular flexibility index (Phi) is 5.96. The van der Waals surface area contributed by atoms with Crippen molar-refractivity contribution in [3.8, 4) is 0 Å². The number of rotatable bonds is 4. The summed E-state index contributed by atoms with van der Waals surface area (Å²) in [5, 5.41) is 6.24. The standard InChI is InChI=1S/C15H20ClFN2O2/c1-2-14(20)19-9-11-8-18-5-6-21-15(11)10-3-4-12(16)13(17)7-10/h3-4,7,11,15,18H,2,5-6,8-9H2,1H3,(H,19,20)/t11-,15-/m0/s1. The molecular weight excluding hydrogens is 295 g/mol. The third kappa shape index (κ3) is 4.40. The van der Waals surface area contributed by atoms with Gasteiger partial charge < -0.3 is 15.4 Å². The molecule has 21 heavy (non-hydrogen) atoms. The summed E-state index contributed by atoms with van der Waals surface area (Å²) in [7, 11) is 0. The lowest BCUT2D eigenvalue weighted by atomic mass is 9.95. The maximum Gasteiger partial charge on any atom is 0.219 e. The quantitative estimate of drug-likeness (QED) is 0.896. The number of halogens is 2. The van der Waals surface area contributed by atoms with E-state index in [0.717, 1.165) is 12.1 Å². The molecule has 4 nitrogen and oxygen atoms in total. The minimum absolute atomic E-state index is 0.000263. The molecule has 0 saturated carbocycles. The van der Waals surface area contributed by atoms with Crippen molar-refractivity contribution < 1.29 is 13.9 Å². The van der Waals surface area contributed by atoms with Gasteiger partial charge in [-0.3, -0.25) is 4.79 Å². The Morgan fingerprint density at radius 1 is 1.57 bits per heavy atom. The van der Waals surface area contributed by atoms with Crippen molar-refractivity contribution >= 4 is 17.5 Å². The lowest BCUT2D eigenvalue weighted by molar-refractivity contribution is -0.121. The Bertz CT molecular complexity index is 499. The third-order valence-electron chi connectivity index (χ3n) is 3.57. The van der Waals surface area contributed by atoms with Gasteiger partial charge in [0.1, 0.15) is 5.82 Å². The highest BCUT2D eigenvalue weighted by atomic mass is 35.5. The summed E-state index contributed by atoms with van der Waals surface area (Å²) in [6.45, 7) is 4.30. The van der Waals surface area contributed by atoms with Crippen LogP contribution >= 0.6 is 11.6 Å².